The minimum Gasteiger partial charge on any atom is -0.462 e. The zero-order valence-electron chi connectivity index (χ0n) is 17.1. The van der Waals surface area contributed by atoms with Gasteiger partial charge in [-0.05, 0) is 44.0 Å². The molecule has 0 aliphatic rings. The number of hydrogen-bond donors (Lipinski definition) is 1. The average molecular weight is 393 g/mol. The highest BCUT2D eigenvalue weighted by atomic mass is 16.5. The van der Waals surface area contributed by atoms with Crippen LogP contribution in [0.1, 0.15) is 30.8 Å². The minimum absolute atomic E-state index is 0.0267. The Morgan fingerprint density at radius 2 is 1.83 bits per heavy atom. The highest BCUT2D eigenvalue weighted by Crippen LogP contribution is 2.17. The van der Waals surface area contributed by atoms with Crippen molar-refractivity contribution >= 4 is 22.9 Å². The lowest BCUT2D eigenvalue weighted by molar-refractivity contribution is -0.148. The van der Waals surface area contributed by atoms with E-state index >= 15 is 0 Å². The number of ether oxygens (including phenoxy) is 1. The predicted molar refractivity (Wildman–Crippen MR) is 113 cm³/mol. The molecule has 2 aromatic carbocycles. The number of rotatable bonds is 8. The van der Waals surface area contributed by atoms with Crippen LogP contribution in [0.15, 0.2) is 48.5 Å². The van der Waals surface area contributed by atoms with Gasteiger partial charge in [0, 0.05) is 13.0 Å². The van der Waals surface area contributed by atoms with Crippen molar-refractivity contribution in [1.82, 2.24) is 14.9 Å². The van der Waals surface area contributed by atoms with Gasteiger partial charge in [-0.25, -0.2) is 4.98 Å². The molecule has 0 aliphatic heterocycles. The van der Waals surface area contributed by atoms with Gasteiger partial charge in [0.25, 0.3) is 0 Å². The van der Waals surface area contributed by atoms with Crippen LogP contribution in [0.3, 0.4) is 0 Å². The van der Waals surface area contributed by atoms with Crippen LogP contribution in [0.5, 0.6) is 0 Å². The Labute approximate surface area is 170 Å². The number of nitrogens with one attached hydrogen (secondary N) is 1. The molecular formula is C23H27N3O3. The van der Waals surface area contributed by atoms with E-state index in [0.29, 0.717) is 19.4 Å². The first-order valence-corrected chi connectivity index (χ1v) is 9.89. The summed E-state index contributed by atoms with van der Waals surface area (Å²) in [7, 11) is 0. The summed E-state index contributed by atoms with van der Waals surface area (Å²) >= 11 is 0. The molecule has 0 spiro atoms. The molecule has 0 fully saturated rings. The lowest BCUT2D eigenvalue weighted by Gasteiger charge is -2.12. The molecule has 0 atom stereocenters. The third kappa shape index (κ3) is 5.44. The Hall–Kier alpha value is -3.15. The molecule has 3 rings (SSSR count). The van der Waals surface area contributed by atoms with Crippen molar-refractivity contribution in [2.24, 2.45) is 0 Å². The summed E-state index contributed by atoms with van der Waals surface area (Å²) in [4.78, 5) is 29.1. The predicted octanol–water partition coefficient (Wildman–Crippen LogP) is 3.20. The molecule has 0 radical (unpaired) electrons. The summed E-state index contributed by atoms with van der Waals surface area (Å²) < 4.78 is 7.16. The second-order valence-electron chi connectivity index (χ2n) is 7.34. The van der Waals surface area contributed by atoms with Crippen LogP contribution in [0.25, 0.3) is 11.0 Å². The second-order valence-corrected chi connectivity index (χ2v) is 7.34. The highest BCUT2D eigenvalue weighted by Gasteiger charge is 2.15. The van der Waals surface area contributed by atoms with Gasteiger partial charge in [-0.1, -0.05) is 36.4 Å². The zero-order valence-corrected chi connectivity index (χ0v) is 17.1. The van der Waals surface area contributed by atoms with Crippen LogP contribution in [-0.4, -0.2) is 34.1 Å². The van der Waals surface area contributed by atoms with Crippen molar-refractivity contribution in [2.45, 2.75) is 46.3 Å². The molecule has 1 aromatic heterocycles. The van der Waals surface area contributed by atoms with Gasteiger partial charge >= 0.3 is 5.97 Å². The number of benzene rings is 2. The summed E-state index contributed by atoms with van der Waals surface area (Å²) in [6.45, 7) is 6.21. The Morgan fingerprint density at radius 1 is 1.10 bits per heavy atom. The quantitative estimate of drug-likeness (QED) is 0.597. The maximum absolute atomic E-state index is 12.3. The molecular weight excluding hydrogens is 366 g/mol. The summed E-state index contributed by atoms with van der Waals surface area (Å²) in [6, 6.07) is 15.6. The van der Waals surface area contributed by atoms with E-state index in [-0.39, 0.29) is 24.5 Å². The van der Waals surface area contributed by atoms with Gasteiger partial charge in [-0.15, -0.1) is 0 Å². The first-order chi connectivity index (χ1) is 13.9. The van der Waals surface area contributed by atoms with E-state index < -0.39 is 0 Å². The molecule has 6 heteroatoms. The lowest BCUT2D eigenvalue weighted by Crippen LogP contribution is -2.28. The van der Waals surface area contributed by atoms with E-state index in [1.54, 1.807) is 0 Å². The van der Waals surface area contributed by atoms with E-state index in [2.05, 4.69) is 10.3 Å². The van der Waals surface area contributed by atoms with Crippen molar-refractivity contribution in [1.29, 1.82) is 0 Å². The van der Waals surface area contributed by atoms with Crippen LogP contribution < -0.4 is 5.32 Å². The van der Waals surface area contributed by atoms with Crippen LogP contribution in [-0.2, 0) is 33.7 Å². The van der Waals surface area contributed by atoms with E-state index in [1.165, 1.54) is 0 Å². The van der Waals surface area contributed by atoms with E-state index in [1.807, 2.05) is 73.9 Å². The SMILES string of the molecule is Cc1ccccc1CC(=O)NCCc1nc2ccccc2n1CC(=O)OC(C)C. The second kappa shape index (κ2) is 9.37. The molecule has 6 nitrogen and oxygen atoms in total. The van der Waals surface area contributed by atoms with Crippen molar-refractivity contribution in [3.05, 3.63) is 65.5 Å². The highest BCUT2D eigenvalue weighted by molar-refractivity contribution is 5.80. The zero-order chi connectivity index (χ0) is 20.8. The van der Waals surface area contributed by atoms with Crippen molar-refractivity contribution in [3.63, 3.8) is 0 Å². The van der Waals surface area contributed by atoms with Crippen LogP contribution in [0.4, 0.5) is 0 Å². The van der Waals surface area contributed by atoms with Crippen molar-refractivity contribution in [2.75, 3.05) is 6.54 Å². The third-order valence-corrected chi connectivity index (χ3v) is 4.67. The molecule has 1 heterocycles. The molecule has 1 N–H and O–H groups in total. The minimum atomic E-state index is -0.298. The molecule has 0 bridgehead atoms. The molecule has 0 saturated heterocycles. The van der Waals surface area contributed by atoms with E-state index in [4.69, 9.17) is 4.74 Å². The van der Waals surface area contributed by atoms with Crippen LogP contribution in [0, 0.1) is 6.92 Å². The molecule has 3 aromatic rings. The largest absolute Gasteiger partial charge is 0.462 e. The fraction of sp³-hybridized carbons (Fsp3) is 0.348. The smallest absolute Gasteiger partial charge is 0.326 e. The first kappa shape index (κ1) is 20.6. The Balaban J connectivity index is 1.66. The van der Waals surface area contributed by atoms with Crippen LogP contribution in [0.2, 0.25) is 0 Å². The number of aromatic nitrogens is 2. The number of hydrogen-bond acceptors (Lipinski definition) is 4. The van der Waals surface area contributed by atoms with Gasteiger partial charge in [0.15, 0.2) is 0 Å². The van der Waals surface area contributed by atoms with Gasteiger partial charge < -0.3 is 14.6 Å². The molecule has 0 saturated carbocycles. The monoisotopic (exact) mass is 393 g/mol. The Morgan fingerprint density at radius 3 is 2.59 bits per heavy atom. The fourth-order valence-corrected chi connectivity index (χ4v) is 3.28. The Kier molecular flexibility index (Phi) is 6.65. The average Bonchev–Trinajstić information content (AvgIpc) is 3.00. The van der Waals surface area contributed by atoms with Gasteiger partial charge in [-0.2, -0.15) is 0 Å². The number of esters is 1. The number of nitrogens with zero attached hydrogens (tertiary/aromatic N) is 2. The topological polar surface area (TPSA) is 73.2 Å². The van der Waals surface area contributed by atoms with Gasteiger partial charge in [-0.3, -0.25) is 9.59 Å². The standard InChI is InChI=1S/C23H27N3O3/c1-16(2)29-23(28)15-26-20-11-7-6-10-19(20)25-21(26)12-13-24-22(27)14-18-9-5-4-8-17(18)3/h4-11,16H,12-15H2,1-3H3,(H,24,27). The summed E-state index contributed by atoms with van der Waals surface area (Å²) in [5, 5.41) is 2.96. The number of para-hydroxylation sites is 2. The first-order valence-electron chi connectivity index (χ1n) is 9.89. The molecule has 29 heavy (non-hydrogen) atoms. The molecule has 0 unspecified atom stereocenters. The Bertz CT molecular complexity index is 1010. The fourth-order valence-electron chi connectivity index (χ4n) is 3.28. The lowest BCUT2D eigenvalue weighted by atomic mass is 10.1. The summed E-state index contributed by atoms with van der Waals surface area (Å²) in [6.07, 6.45) is 0.717. The van der Waals surface area contributed by atoms with Gasteiger partial charge in [0.2, 0.25) is 5.91 Å². The number of fused-ring (bicyclic) bond motifs is 1. The molecule has 1 amide bonds. The number of carbonyl (C=O) groups excluding carboxylic acids is 2. The van der Waals surface area contributed by atoms with Crippen molar-refractivity contribution in [3.8, 4) is 0 Å². The maximum atomic E-state index is 12.3. The number of aryl methyl sites for hydroxylation is 1. The molecule has 0 aliphatic carbocycles. The van der Waals surface area contributed by atoms with E-state index in [0.717, 1.165) is 28.0 Å². The van der Waals surface area contributed by atoms with Gasteiger partial charge in [0.1, 0.15) is 12.4 Å². The summed E-state index contributed by atoms with van der Waals surface area (Å²) in [5.41, 5.74) is 3.84. The number of imidazole rings is 1. The normalized spacial score (nSPS) is 11.0. The third-order valence-electron chi connectivity index (χ3n) is 4.67. The maximum Gasteiger partial charge on any atom is 0.326 e. The number of amides is 1. The summed E-state index contributed by atoms with van der Waals surface area (Å²) in [5.74, 6) is 0.428. The number of carbonyl (C=O) groups is 2. The van der Waals surface area contributed by atoms with Crippen LogP contribution >= 0.6 is 0 Å². The van der Waals surface area contributed by atoms with E-state index in [9.17, 15) is 9.59 Å². The molecule has 152 valence electrons. The van der Waals surface area contributed by atoms with Crippen molar-refractivity contribution < 1.29 is 14.3 Å². The van der Waals surface area contributed by atoms with Gasteiger partial charge in [0.05, 0.1) is 23.6 Å².